The lowest BCUT2D eigenvalue weighted by Crippen LogP contribution is -2.38. The number of aromatic amines is 1. The number of carboxylic acids is 1. The Hall–Kier alpha value is -2.41. The Balaban J connectivity index is 2.61. The summed E-state index contributed by atoms with van der Waals surface area (Å²) in [7, 11) is 0. The highest BCUT2D eigenvalue weighted by Gasteiger charge is 2.18. The van der Waals surface area contributed by atoms with Crippen LogP contribution in [0.15, 0.2) is 34.0 Å². The van der Waals surface area contributed by atoms with Gasteiger partial charge in [-0.3, -0.25) is 14.2 Å². The molecule has 0 bridgehead atoms. The number of hydrogen-bond donors (Lipinski definition) is 2. The number of halogens is 2. The summed E-state index contributed by atoms with van der Waals surface area (Å²) in [6, 6.07) is 3.96. The van der Waals surface area contributed by atoms with E-state index < -0.39 is 29.0 Å². The third kappa shape index (κ3) is 2.94. The summed E-state index contributed by atoms with van der Waals surface area (Å²) in [4.78, 5) is 37.3. The second-order valence-electron chi connectivity index (χ2n) is 4.76. The molecule has 6 nitrogen and oxygen atoms in total. The number of rotatable bonds is 4. The largest absolute Gasteiger partial charge is 0.481 e. The first-order chi connectivity index (χ1) is 10.3. The minimum Gasteiger partial charge on any atom is -0.481 e. The molecule has 8 heteroatoms. The zero-order valence-corrected chi connectivity index (χ0v) is 12.2. The van der Waals surface area contributed by atoms with E-state index in [0.717, 1.165) is 16.8 Å². The summed E-state index contributed by atoms with van der Waals surface area (Å²) in [5, 5.41) is 8.65. The zero-order chi connectivity index (χ0) is 16.4. The molecule has 0 aliphatic rings. The van der Waals surface area contributed by atoms with Crippen LogP contribution in [0.1, 0.15) is 6.92 Å². The van der Waals surface area contributed by atoms with Gasteiger partial charge in [0.15, 0.2) is 0 Å². The molecule has 116 valence electrons. The third-order valence-corrected chi connectivity index (χ3v) is 3.56. The Morgan fingerprint density at radius 3 is 2.73 bits per heavy atom. The minimum absolute atomic E-state index is 0.0123. The first kappa shape index (κ1) is 16.0. The molecule has 2 aromatic rings. The quantitative estimate of drug-likeness (QED) is 0.894. The van der Waals surface area contributed by atoms with E-state index in [-0.39, 0.29) is 22.7 Å². The smallest absolute Gasteiger partial charge is 0.328 e. The standard InChI is InChI=1S/C14H12ClFN2O4/c1-7(13(20)21)6-18-12(19)9(5-17-14(18)22)8-3-2-4-10(16)11(8)15/h2-5,7H,6H2,1H3,(H,17,22)(H,20,21). The van der Waals surface area contributed by atoms with E-state index in [2.05, 4.69) is 4.98 Å². The van der Waals surface area contributed by atoms with Crippen molar-refractivity contribution in [2.45, 2.75) is 13.5 Å². The Kier molecular flexibility index (Phi) is 4.46. The molecule has 2 rings (SSSR count). The SMILES string of the molecule is CC(Cn1c(=O)[nH]cc(-c2cccc(F)c2Cl)c1=O)C(=O)O. The molecule has 0 fully saturated rings. The summed E-state index contributed by atoms with van der Waals surface area (Å²) in [5.74, 6) is -2.77. The fourth-order valence-corrected chi connectivity index (χ4v) is 2.16. The summed E-state index contributed by atoms with van der Waals surface area (Å²) >= 11 is 5.84. The third-order valence-electron chi connectivity index (χ3n) is 3.18. The average Bonchev–Trinajstić information content (AvgIpc) is 2.46. The van der Waals surface area contributed by atoms with Gasteiger partial charge in [0, 0.05) is 18.3 Å². The molecule has 1 aromatic heterocycles. The molecule has 0 amide bonds. The van der Waals surface area contributed by atoms with Crippen LogP contribution in [0, 0.1) is 11.7 Å². The molecule has 0 spiro atoms. The lowest BCUT2D eigenvalue weighted by molar-refractivity contribution is -0.141. The molecule has 0 saturated heterocycles. The van der Waals surface area contributed by atoms with E-state index in [1.165, 1.54) is 19.1 Å². The Morgan fingerprint density at radius 2 is 2.09 bits per heavy atom. The lowest BCUT2D eigenvalue weighted by Gasteiger charge is -2.10. The van der Waals surface area contributed by atoms with Crippen LogP contribution in [0.2, 0.25) is 5.02 Å². The molecule has 0 radical (unpaired) electrons. The van der Waals surface area contributed by atoms with Crippen LogP contribution in [-0.4, -0.2) is 20.6 Å². The number of nitrogens with zero attached hydrogens (tertiary/aromatic N) is 1. The van der Waals surface area contributed by atoms with Crippen LogP contribution in [0.4, 0.5) is 4.39 Å². The lowest BCUT2D eigenvalue weighted by atomic mass is 10.1. The summed E-state index contributed by atoms with van der Waals surface area (Å²) in [5.41, 5.74) is -1.36. The highest BCUT2D eigenvalue weighted by molar-refractivity contribution is 6.33. The van der Waals surface area contributed by atoms with Gasteiger partial charge in [0.2, 0.25) is 0 Å². The maximum Gasteiger partial charge on any atom is 0.328 e. The van der Waals surface area contributed by atoms with Gasteiger partial charge in [0.05, 0.1) is 16.5 Å². The maximum atomic E-state index is 13.5. The van der Waals surface area contributed by atoms with Crippen molar-refractivity contribution in [3.8, 4) is 11.1 Å². The summed E-state index contributed by atoms with van der Waals surface area (Å²) in [6.07, 6.45) is 1.13. The van der Waals surface area contributed by atoms with Gasteiger partial charge in [-0.15, -0.1) is 0 Å². The fourth-order valence-electron chi connectivity index (χ4n) is 1.93. The van der Waals surface area contributed by atoms with Gasteiger partial charge in [-0.25, -0.2) is 9.18 Å². The van der Waals surface area contributed by atoms with Crippen LogP contribution >= 0.6 is 11.6 Å². The number of aliphatic carboxylic acids is 1. The van der Waals surface area contributed by atoms with Gasteiger partial charge >= 0.3 is 11.7 Å². The zero-order valence-electron chi connectivity index (χ0n) is 11.5. The number of H-pyrrole nitrogens is 1. The Morgan fingerprint density at radius 1 is 1.41 bits per heavy atom. The van der Waals surface area contributed by atoms with Crippen molar-refractivity contribution < 1.29 is 14.3 Å². The second-order valence-corrected chi connectivity index (χ2v) is 5.14. The first-order valence-corrected chi connectivity index (χ1v) is 6.70. The maximum absolute atomic E-state index is 13.5. The van der Waals surface area contributed by atoms with Crippen molar-refractivity contribution in [1.82, 2.24) is 9.55 Å². The first-order valence-electron chi connectivity index (χ1n) is 6.32. The van der Waals surface area contributed by atoms with Crippen molar-refractivity contribution >= 4 is 17.6 Å². The predicted octanol–water partition coefficient (Wildman–Crippen LogP) is 1.72. The Labute approximate surface area is 128 Å². The van der Waals surface area contributed by atoms with Crippen LogP contribution in [-0.2, 0) is 11.3 Å². The van der Waals surface area contributed by atoms with Gasteiger partial charge in [-0.2, -0.15) is 0 Å². The van der Waals surface area contributed by atoms with Crippen molar-refractivity contribution in [3.05, 3.63) is 56.1 Å². The predicted molar refractivity (Wildman–Crippen MR) is 78.5 cm³/mol. The molecule has 0 saturated carbocycles. The molecule has 1 aromatic carbocycles. The normalized spacial score (nSPS) is 12.1. The van der Waals surface area contributed by atoms with Crippen molar-refractivity contribution in [2.75, 3.05) is 0 Å². The van der Waals surface area contributed by atoms with Crippen LogP contribution in [0.25, 0.3) is 11.1 Å². The van der Waals surface area contributed by atoms with Crippen LogP contribution in [0.3, 0.4) is 0 Å². The molecule has 0 aliphatic heterocycles. The minimum atomic E-state index is -1.14. The molecule has 1 heterocycles. The fraction of sp³-hybridized carbons (Fsp3) is 0.214. The molecule has 2 N–H and O–H groups in total. The van der Waals surface area contributed by atoms with Gasteiger partial charge in [0.25, 0.3) is 5.56 Å². The van der Waals surface area contributed by atoms with E-state index >= 15 is 0 Å². The second kappa shape index (κ2) is 6.15. The average molecular weight is 327 g/mol. The van der Waals surface area contributed by atoms with Gasteiger partial charge in [-0.05, 0) is 6.07 Å². The van der Waals surface area contributed by atoms with E-state index in [4.69, 9.17) is 16.7 Å². The van der Waals surface area contributed by atoms with Crippen molar-refractivity contribution in [1.29, 1.82) is 0 Å². The number of carbonyl (C=O) groups is 1. The molecule has 22 heavy (non-hydrogen) atoms. The van der Waals surface area contributed by atoms with E-state index in [1.807, 2.05) is 0 Å². The van der Waals surface area contributed by atoms with E-state index in [9.17, 15) is 18.8 Å². The number of carboxylic acid groups (broad SMARTS) is 1. The van der Waals surface area contributed by atoms with Gasteiger partial charge < -0.3 is 10.1 Å². The van der Waals surface area contributed by atoms with Crippen molar-refractivity contribution in [2.24, 2.45) is 5.92 Å². The highest BCUT2D eigenvalue weighted by Crippen LogP contribution is 2.27. The highest BCUT2D eigenvalue weighted by atomic mass is 35.5. The van der Waals surface area contributed by atoms with Crippen LogP contribution in [0.5, 0.6) is 0 Å². The number of hydrogen-bond acceptors (Lipinski definition) is 3. The van der Waals surface area contributed by atoms with Crippen LogP contribution < -0.4 is 11.2 Å². The molecule has 1 atom stereocenters. The number of nitrogens with one attached hydrogen (secondary N) is 1. The summed E-state index contributed by atoms with van der Waals surface area (Å²) in [6.45, 7) is 1.07. The molecule has 0 aliphatic carbocycles. The Bertz CT molecular complexity index is 843. The molecule has 1 unspecified atom stereocenters. The number of aromatic nitrogens is 2. The topological polar surface area (TPSA) is 92.2 Å². The van der Waals surface area contributed by atoms with Gasteiger partial charge in [-0.1, -0.05) is 30.7 Å². The van der Waals surface area contributed by atoms with E-state index in [0.29, 0.717) is 0 Å². The molecular weight excluding hydrogens is 315 g/mol. The molecular formula is C14H12ClFN2O4. The number of benzene rings is 1. The van der Waals surface area contributed by atoms with Gasteiger partial charge in [0.1, 0.15) is 5.82 Å². The van der Waals surface area contributed by atoms with Crippen molar-refractivity contribution in [3.63, 3.8) is 0 Å². The summed E-state index contributed by atoms with van der Waals surface area (Å²) < 4.78 is 14.3. The monoisotopic (exact) mass is 326 g/mol. The van der Waals surface area contributed by atoms with E-state index in [1.54, 1.807) is 0 Å².